The zero-order chi connectivity index (χ0) is 24.8. The average molecular weight is 464 g/mol. The van der Waals surface area contributed by atoms with E-state index >= 15 is 0 Å². The highest BCUT2D eigenvalue weighted by atomic mass is 16.6. The van der Waals surface area contributed by atoms with Gasteiger partial charge in [0.25, 0.3) is 0 Å². The summed E-state index contributed by atoms with van der Waals surface area (Å²) in [4.78, 5) is 63.4. The monoisotopic (exact) mass is 464 g/mol. The van der Waals surface area contributed by atoms with Crippen LogP contribution >= 0.6 is 0 Å². The molecule has 3 atom stereocenters. The van der Waals surface area contributed by atoms with E-state index in [1.807, 2.05) is 0 Å². The van der Waals surface area contributed by atoms with Crippen LogP contribution in [0, 0.1) is 5.92 Å². The highest BCUT2D eigenvalue weighted by Gasteiger charge is 2.53. The molecule has 1 aromatic carbocycles. The van der Waals surface area contributed by atoms with E-state index in [0.717, 1.165) is 14.2 Å². The third-order valence-electron chi connectivity index (χ3n) is 4.75. The molecule has 180 valence electrons. The molecule has 11 heteroatoms. The lowest BCUT2D eigenvalue weighted by atomic mass is 9.96. The van der Waals surface area contributed by atoms with E-state index in [9.17, 15) is 24.0 Å². The van der Waals surface area contributed by atoms with Gasteiger partial charge in [-0.05, 0) is 32.8 Å². The van der Waals surface area contributed by atoms with Crippen molar-refractivity contribution < 1.29 is 42.9 Å². The van der Waals surface area contributed by atoms with Gasteiger partial charge in [-0.25, -0.2) is 24.1 Å². The number of imide groups is 1. The predicted molar refractivity (Wildman–Crippen MR) is 113 cm³/mol. The van der Waals surface area contributed by atoms with Crippen LogP contribution in [-0.2, 0) is 39.9 Å². The Labute approximate surface area is 191 Å². The minimum absolute atomic E-state index is 0.140. The molecule has 1 aromatic rings. The van der Waals surface area contributed by atoms with Gasteiger partial charge < -0.3 is 24.3 Å². The Balaban J connectivity index is 2.25. The van der Waals surface area contributed by atoms with Crippen LogP contribution in [0.1, 0.15) is 32.8 Å². The Hall–Kier alpha value is -3.63. The van der Waals surface area contributed by atoms with Crippen LogP contribution in [0.4, 0.5) is 9.59 Å². The van der Waals surface area contributed by atoms with Crippen molar-refractivity contribution in [2.75, 3.05) is 14.2 Å². The third-order valence-corrected chi connectivity index (χ3v) is 4.75. The van der Waals surface area contributed by atoms with Gasteiger partial charge in [-0.3, -0.25) is 4.79 Å². The summed E-state index contributed by atoms with van der Waals surface area (Å²) in [5.74, 6) is -4.00. The van der Waals surface area contributed by atoms with Gasteiger partial charge in [0.05, 0.1) is 20.1 Å². The van der Waals surface area contributed by atoms with E-state index in [0.29, 0.717) is 10.5 Å². The Morgan fingerprint density at radius 1 is 1.09 bits per heavy atom. The molecule has 0 unspecified atom stereocenters. The first kappa shape index (κ1) is 25.6. The molecule has 0 saturated carbocycles. The molecule has 0 aliphatic carbocycles. The molecule has 11 nitrogen and oxygen atoms in total. The highest BCUT2D eigenvalue weighted by Crippen LogP contribution is 2.30. The summed E-state index contributed by atoms with van der Waals surface area (Å²) in [6, 6.07) is 5.88. The molecular weight excluding hydrogens is 436 g/mol. The van der Waals surface area contributed by atoms with Crippen molar-refractivity contribution in [1.82, 2.24) is 10.2 Å². The Kier molecular flexibility index (Phi) is 8.38. The number of hydrogen-bond donors (Lipinski definition) is 1. The number of likely N-dealkylation sites (tertiary alicyclic amines) is 1. The lowest BCUT2D eigenvalue weighted by Gasteiger charge is -2.24. The number of ether oxygens (including phenoxy) is 4. The van der Waals surface area contributed by atoms with Gasteiger partial charge in [0.1, 0.15) is 24.3 Å². The molecule has 33 heavy (non-hydrogen) atoms. The van der Waals surface area contributed by atoms with Crippen LogP contribution in [0.2, 0.25) is 0 Å². The largest absolute Gasteiger partial charge is 0.467 e. The minimum Gasteiger partial charge on any atom is -0.467 e. The summed E-state index contributed by atoms with van der Waals surface area (Å²) in [6.45, 7) is 4.73. The molecule has 1 saturated heterocycles. The van der Waals surface area contributed by atoms with E-state index in [2.05, 4.69) is 5.32 Å². The maximum absolute atomic E-state index is 13.1. The smallest absolute Gasteiger partial charge is 0.417 e. The van der Waals surface area contributed by atoms with E-state index in [4.69, 9.17) is 18.9 Å². The lowest BCUT2D eigenvalue weighted by Crippen LogP contribution is -2.51. The first-order chi connectivity index (χ1) is 15.5. The van der Waals surface area contributed by atoms with Crippen LogP contribution in [0.15, 0.2) is 30.3 Å². The standard InChI is InChI=1S/C22H28N2O9/c1-22(2,3)33-20(28)23-16(19(27)31-5)14-11-15(18(26)30-4)24(17(14)25)21(29)32-12-13-9-7-6-8-10-13/h6-10,14-16H,11-12H2,1-5H3,(H,23,28)/t14-,15+,16+/m1/s1. The van der Waals surface area contributed by atoms with E-state index in [-0.39, 0.29) is 13.0 Å². The fourth-order valence-corrected chi connectivity index (χ4v) is 3.29. The van der Waals surface area contributed by atoms with Gasteiger partial charge in [-0.1, -0.05) is 30.3 Å². The number of benzene rings is 1. The maximum atomic E-state index is 13.1. The van der Waals surface area contributed by atoms with Crippen molar-refractivity contribution >= 4 is 30.0 Å². The number of nitrogens with one attached hydrogen (secondary N) is 1. The summed E-state index contributed by atoms with van der Waals surface area (Å²) >= 11 is 0. The molecule has 3 amide bonds. The van der Waals surface area contributed by atoms with Crippen LogP contribution in [0.5, 0.6) is 0 Å². The van der Waals surface area contributed by atoms with Crippen molar-refractivity contribution in [3.63, 3.8) is 0 Å². The van der Waals surface area contributed by atoms with Gasteiger partial charge in [0.2, 0.25) is 5.91 Å². The molecule has 0 radical (unpaired) electrons. The molecule has 1 N–H and O–H groups in total. The number of rotatable bonds is 6. The highest BCUT2D eigenvalue weighted by molar-refractivity contribution is 6.03. The summed E-state index contributed by atoms with van der Waals surface area (Å²) < 4.78 is 19.8. The first-order valence-corrected chi connectivity index (χ1v) is 10.2. The Morgan fingerprint density at radius 2 is 1.73 bits per heavy atom. The minimum atomic E-state index is -1.50. The normalized spacial score (nSPS) is 18.8. The predicted octanol–water partition coefficient (Wildman–Crippen LogP) is 1.78. The Morgan fingerprint density at radius 3 is 2.27 bits per heavy atom. The SMILES string of the molecule is COC(=O)[C@@H](NC(=O)OC(C)(C)C)[C@H]1C[C@@H](C(=O)OC)N(C(=O)OCc2ccccc2)C1=O. The van der Waals surface area contributed by atoms with E-state index in [1.165, 1.54) is 0 Å². The van der Waals surface area contributed by atoms with Crippen molar-refractivity contribution in [3.8, 4) is 0 Å². The zero-order valence-electron chi connectivity index (χ0n) is 19.2. The van der Waals surface area contributed by atoms with Crippen molar-refractivity contribution in [2.45, 2.75) is 51.5 Å². The van der Waals surface area contributed by atoms with Gasteiger partial charge in [0.15, 0.2) is 0 Å². The lowest BCUT2D eigenvalue weighted by molar-refractivity contribution is -0.149. The Bertz CT molecular complexity index is 895. The molecule has 1 fully saturated rings. The van der Waals surface area contributed by atoms with Gasteiger partial charge >= 0.3 is 24.1 Å². The zero-order valence-corrected chi connectivity index (χ0v) is 19.2. The second-order valence-corrected chi connectivity index (χ2v) is 8.28. The molecule has 1 aliphatic heterocycles. The topological polar surface area (TPSA) is 138 Å². The second-order valence-electron chi connectivity index (χ2n) is 8.28. The van der Waals surface area contributed by atoms with Crippen LogP contribution in [0.3, 0.4) is 0 Å². The number of esters is 2. The van der Waals surface area contributed by atoms with Gasteiger partial charge in [-0.15, -0.1) is 0 Å². The third kappa shape index (κ3) is 6.67. The molecule has 1 heterocycles. The number of nitrogens with zero attached hydrogens (tertiary/aromatic N) is 1. The summed E-state index contributed by atoms with van der Waals surface area (Å²) in [7, 11) is 2.18. The van der Waals surface area contributed by atoms with Gasteiger partial charge in [0, 0.05) is 0 Å². The quantitative estimate of drug-likeness (QED) is 0.493. The number of hydrogen-bond acceptors (Lipinski definition) is 9. The fourth-order valence-electron chi connectivity index (χ4n) is 3.29. The molecule has 1 aliphatic rings. The summed E-state index contributed by atoms with van der Waals surface area (Å²) in [5, 5.41) is 2.30. The number of carbonyl (C=O) groups is 5. The molecule has 0 spiro atoms. The van der Waals surface area contributed by atoms with Gasteiger partial charge in [-0.2, -0.15) is 0 Å². The van der Waals surface area contributed by atoms with E-state index in [1.54, 1.807) is 51.1 Å². The van der Waals surface area contributed by atoms with Crippen molar-refractivity contribution in [1.29, 1.82) is 0 Å². The van der Waals surface area contributed by atoms with Crippen molar-refractivity contribution in [3.05, 3.63) is 35.9 Å². The molecule has 2 rings (SSSR count). The number of alkyl carbamates (subject to hydrolysis) is 1. The summed E-state index contributed by atoms with van der Waals surface area (Å²) in [5.41, 5.74) is -0.200. The second kappa shape index (κ2) is 10.8. The van der Waals surface area contributed by atoms with Crippen molar-refractivity contribution in [2.24, 2.45) is 5.92 Å². The van der Waals surface area contributed by atoms with Crippen LogP contribution in [-0.4, -0.2) is 66.8 Å². The van der Waals surface area contributed by atoms with Crippen LogP contribution < -0.4 is 5.32 Å². The maximum Gasteiger partial charge on any atom is 0.417 e. The molecular formula is C22H28N2O9. The first-order valence-electron chi connectivity index (χ1n) is 10.2. The number of methoxy groups -OCH3 is 2. The van der Waals surface area contributed by atoms with Crippen LogP contribution in [0.25, 0.3) is 0 Å². The number of amides is 3. The number of carbonyl (C=O) groups excluding carboxylic acids is 5. The average Bonchev–Trinajstić information content (AvgIpc) is 3.11. The molecule has 0 aromatic heterocycles. The van der Waals surface area contributed by atoms with E-state index < -0.39 is 53.6 Å². The fraction of sp³-hybridized carbons (Fsp3) is 0.500. The molecule has 0 bridgehead atoms. The summed E-state index contributed by atoms with van der Waals surface area (Å²) in [6.07, 6.45) is -2.34.